The van der Waals surface area contributed by atoms with Crippen molar-refractivity contribution in [2.45, 2.75) is 19.3 Å². The van der Waals surface area contributed by atoms with Gasteiger partial charge >= 0.3 is 0 Å². The largest absolute Gasteiger partial charge is 0.497 e. The van der Waals surface area contributed by atoms with Crippen LogP contribution in [0.2, 0.25) is 0 Å². The third-order valence-electron chi connectivity index (χ3n) is 5.51. The van der Waals surface area contributed by atoms with Crippen LogP contribution in [-0.4, -0.2) is 58.3 Å². The van der Waals surface area contributed by atoms with E-state index in [2.05, 4.69) is 17.9 Å². The topological polar surface area (TPSA) is 51.2 Å². The monoisotopic (exact) mass is 398 g/mol. The van der Waals surface area contributed by atoms with Crippen LogP contribution in [0.4, 0.5) is 5.69 Å². The first kappa shape index (κ1) is 20.8. The molecule has 2 aromatic carbocycles. The maximum atomic E-state index is 12.9. The highest BCUT2D eigenvalue weighted by atomic mass is 16.5. The first-order valence-corrected chi connectivity index (χ1v) is 9.95. The number of para-hydroxylation sites is 2. The predicted molar refractivity (Wildman–Crippen MR) is 114 cm³/mol. The van der Waals surface area contributed by atoms with Crippen molar-refractivity contribution < 1.29 is 19.0 Å². The van der Waals surface area contributed by atoms with Crippen LogP contribution < -0.4 is 19.1 Å². The number of methoxy groups -OCH3 is 3. The van der Waals surface area contributed by atoms with E-state index in [-0.39, 0.29) is 11.8 Å². The number of anilines is 1. The van der Waals surface area contributed by atoms with Crippen molar-refractivity contribution in [3.05, 3.63) is 48.0 Å². The fraction of sp³-hybridized carbons (Fsp3) is 0.435. The molecular formula is C23H30N2O4. The van der Waals surface area contributed by atoms with Gasteiger partial charge in [-0.3, -0.25) is 4.79 Å². The Bertz CT molecular complexity index is 831. The number of carbonyl (C=O) groups excluding carboxylic acids is 1. The molecule has 2 aromatic rings. The van der Waals surface area contributed by atoms with Crippen molar-refractivity contribution in [3.8, 4) is 17.2 Å². The molecule has 1 aliphatic rings. The third-order valence-corrected chi connectivity index (χ3v) is 5.51. The minimum Gasteiger partial charge on any atom is -0.497 e. The summed E-state index contributed by atoms with van der Waals surface area (Å²) in [5, 5.41) is 0. The average molecular weight is 399 g/mol. The summed E-state index contributed by atoms with van der Waals surface area (Å²) in [6.07, 6.45) is 0.456. The van der Waals surface area contributed by atoms with Gasteiger partial charge in [-0.2, -0.15) is 0 Å². The molecule has 6 nitrogen and oxygen atoms in total. The minimum absolute atomic E-state index is 0.0654. The first-order chi connectivity index (χ1) is 14.1. The molecule has 0 bridgehead atoms. The summed E-state index contributed by atoms with van der Waals surface area (Å²) in [5.41, 5.74) is 2.10. The molecule has 1 saturated heterocycles. The van der Waals surface area contributed by atoms with E-state index in [0.717, 1.165) is 41.6 Å². The van der Waals surface area contributed by atoms with Crippen LogP contribution in [0, 0.1) is 0 Å². The molecule has 0 N–H and O–H groups in total. The normalized spacial score (nSPS) is 15.0. The van der Waals surface area contributed by atoms with Crippen LogP contribution in [0.5, 0.6) is 17.2 Å². The van der Waals surface area contributed by atoms with Crippen molar-refractivity contribution in [1.29, 1.82) is 0 Å². The van der Waals surface area contributed by atoms with E-state index >= 15 is 0 Å². The number of nitrogens with zero attached hydrogens (tertiary/aromatic N) is 2. The number of benzene rings is 2. The zero-order valence-electron chi connectivity index (χ0n) is 17.7. The van der Waals surface area contributed by atoms with E-state index in [9.17, 15) is 4.79 Å². The lowest BCUT2D eigenvalue weighted by Crippen LogP contribution is -2.49. The molecule has 3 rings (SSSR count). The maximum absolute atomic E-state index is 12.9. The molecule has 0 saturated carbocycles. The number of piperazine rings is 1. The number of carbonyl (C=O) groups is 1. The van der Waals surface area contributed by atoms with Gasteiger partial charge in [0.25, 0.3) is 0 Å². The minimum atomic E-state index is 0.0654. The van der Waals surface area contributed by atoms with E-state index in [4.69, 9.17) is 14.2 Å². The van der Waals surface area contributed by atoms with Crippen LogP contribution in [0.3, 0.4) is 0 Å². The zero-order valence-corrected chi connectivity index (χ0v) is 17.7. The summed E-state index contributed by atoms with van der Waals surface area (Å²) in [5.74, 6) is 2.61. The van der Waals surface area contributed by atoms with Crippen molar-refractivity contribution in [3.63, 3.8) is 0 Å². The maximum Gasteiger partial charge on any atom is 0.223 e. The van der Waals surface area contributed by atoms with Gasteiger partial charge in [-0.1, -0.05) is 25.1 Å². The Morgan fingerprint density at radius 3 is 2.28 bits per heavy atom. The summed E-state index contributed by atoms with van der Waals surface area (Å²) in [4.78, 5) is 17.1. The van der Waals surface area contributed by atoms with E-state index in [1.165, 1.54) is 0 Å². The second kappa shape index (κ2) is 9.54. The number of ether oxygens (including phenoxy) is 3. The lowest BCUT2D eigenvalue weighted by Gasteiger charge is -2.37. The van der Waals surface area contributed by atoms with Crippen LogP contribution in [0.25, 0.3) is 0 Å². The Labute approximate surface area is 173 Å². The van der Waals surface area contributed by atoms with Gasteiger partial charge in [0.15, 0.2) is 0 Å². The van der Waals surface area contributed by atoms with Gasteiger partial charge in [-0.25, -0.2) is 0 Å². The standard InChI is InChI=1S/C23H30N2O4/c1-17(19-10-9-18(27-2)16-22(19)29-4)15-23(26)25-13-11-24(12-14-25)20-7-5-6-8-21(20)28-3/h5-10,16-17H,11-15H2,1-4H3. The Kier molecular flexibility index (Phi) is 6.86. The Balaban J connectivity index is 1.60. The Hall–Kier alpha value is -2.89. The highest BCUT2D eigenvalue weighted by Gasteiger charge is 2.25. The van der Waals surface area contributed by atoms with Gasteiger partial charge in [0.2, 0.25) is 5.91 Å². The van der Waals surface area contributed by atoms with Crippen molar-refractivity contribution in [2.75, 3.05) is 52.4 Å². The molecule has 1 fully saturated rings. The second-order valence-corrected chi connectivity index (χ2v) is 7.25. The number of hydrogen-bond acceptors (Lipinski definition) is 5. The molecule has 0 radical (unpaired) electrons. The van der Waals surface area contributed by atoms with Gasteiger partial charge in [-0.15, -0.1) is 0 Å². The lowest BCUT2D eigenvalue weighted by atomic mass is 9.95. The van der Waals surface area contributed by atoms with Gasteiger partial charge in [-0.05, 0) is 29.7 Å². The Morgan fingerprint density at radius 2 is 1.62 bits per heavy atom. The van der Waals surface area contributed by atoms with Crippen molar-refractivity contribution in [2.24, 2.45) is 0 Å². The molecule has 156 valence electrons. The van der Waals surface area contributed by atoms with Gasteiger partial charge < -0.3 is 24.0 Å². The zero-order chi connectivity index (χ0) is 20.8. The molecule has 1 aliphatic heterocycles. The van der Waals surface area contributed by atoms with Gasteiger partial charge in [0.1, 0.15) is 17.2 Å². The van der Waals surface area contributed by atoms with Gasteiger partial charge in [0, 0.05) is 38.7 Å². The van der Waals surface area contributed by atoms with E-state index in [0.29, 0.717) is 19.5 Å². The summed E-state index contributed by atoms with van der Waals surface area (Å²) < 4.78 is 16.2. The SMILES string of the molecule is COc1ccc(C(C)CC(=O)N2CCN(c3ccccc3OC)CC2)c(OC)c1. The van der Waals surface area contributed by atoms with E-state index in [1.54, 1.807) is 21.3 Å². The fourth-order valence-electron chi connectivity index (χ4n) is 3.81. The molecule has 0 aliphatic carbocycles. The number of amides is 1. The second-order valence-electron chi connectivity index (χ2n) is 7.25. The summed E-state index contributed by atoms with van der Waals surface area (Å²) >= 11 is 0. The fourth-order valence-corrected chi connectivity index (χ4v) is 3.81. The first-order valence-electron chi connectivity index (χ1n) is 9.95. The Morgan fingerprint density at radius 1 is 0.931 bits per heavy atom. The molecule has 0 aromatic heterocycles. The molecule has 29 heavy (non-hydrogen) atoms. The molecular weight excluding hydrogens is 368 g/mol. The lowest BCUT2D eigenvalue weighted by molar-refractivity contribution is -0.131. The highest BCUT2D eigenvalue weighted by Crippen LogP contribution is 2.33. The molecule has 6 heteroatoms. The van der Waals surface area contributed by atoms with Crippen LogP contribution in [-0.2, 0) is 4.79 Å². The van der Waals surface area contributed by atoms with E-state index in [1.807, 2.05) is 41.3 Å². The van der Waals surface area contributed by atoms with Gasteiger partial charge in [0.05, 0.1) is 27.0 Å². The van der Waals surface area contributed by atoms with Crippen molar-refractivity contribution >= 4 is 11.6 Å². The summed E-state index contributed by atoms with van der Waals surface area (Å²) in [6, 6.07) is 13.8. The predicted octanol–water partition coefficient (Wildman–Crippen LogP) is 3.55. The summed E-state index contributed by atoms with van der Waals surface area (Å²) in [6.45, 7) is 5.08. The molecule has 1 unspecified atom stereocenters. The number of rotatable bonds is 7. The smallest absolute Gasteiger partial charge is 0.223 e. The molecule has 1 atom stereocenters. The quantitative estimate of drug-likeness (QED) is 0.714. The van der Waals surface area contributed by atoms with Crippen LogP contribution >= 0.6 is 0 Å². The molecule has 1 heterocycles. The molecule has 1 amide bonds. The van der Waals surface area contributed by atoms with E-state index < -0.39 is 0 Å². The molecule has 0 spiro atoms. The van der Waals surface area contributed by atoms with Crippen LogP contribution in [0.15, 0.2) is 42.5 Å². The highest BCUT2D eigenvalue weighted by molar-refractivity contribution is 5.77. The third kappa shape index (κ3) is 4.75. The number of hydrogen-bond donors (Lipinski definition) is 0. The van der Waals surface area contributed by atoms with Crippen molar-refractivity contribution in [1.82, 2.24) is 4.90 Å². The van der Waals surface area contributed by atoms with Crippen LogP contribution in [0.1, 0.15) is 24.8 Å². The average Bonchev–Trinajstić information content (AvgIpc) is 2.78. The summed E-state index contributed by atoms with van der Waals surface area (Å²) in [7, 11) is 4.96.